The summed E-state index contributed by atoms with van der Waals surface area (Å²) >= 11 is 0. The highest BCUT2D eigenvalue weighted by molar-refractivity contribution is 6.17. The van der Waals surface area contributed by atoms with E-state index in [1.807, 2.05) is 24.3 Å². The van der Waals surface area contributed by atoms with E-state index >= 15 is 0 Å². The summed E-state index contributed by atoms with van der Waals surface area (Å²) in [7, 11) is -2.40. The molecule has 0 spiro atoms. The van der Waals surface area contributed by atoms with Gasteiger partial charge in [-0.3, -0.25) is 4.46 Å². The van der Waals surface area contributed by atoms with Gasteiger partial charge in [-0.1, -0.05) is 18.2 Å². The summed E-state index contributed by atoms with van der Waals surface area (Å²) < 4.78 is 20.9. The predicted octanol–water partition coefficient (Wildman–Crippen LogP) is 2.07. The summed E-state index contributed by atoms with van der Waals surface area (Å²) in [5, 5.41) is 0.951. The van der Waals surface area contributed by atoms with Gasteiger partial charge in [-0.2, -0.15) is 0 Å². The Kier molecular flexibility index (Phi) is 1.43. The molecule has 5 heteroatoms. The Bertz CT molecular complexity index is 615. The molecule has 0 radical (unpaired) electrons. The molecule has 1 aromatic carbocycles. The third-order valence-corrected chi connectivity index (χ3v) is 2.78. The number of rotatable bonds is 0. The van der Waals surface area contributed by atoms with Crippen LogP contribution in [0.1, 0.15) is 0 Å². The molecule has 2 aromatic heterocycles. The van der Waals surface area contributed by atoms with Crippen molar-refractivity contribution < 1.29 is 12.7 Å². The molecule has 0 bridgehead atoms. The van der Waals surface area contributed by atoms with Gasteiger partial charge in [0, 0.05) is 5.39 Å². The third kappa shape index (κ3) is 1.02. The van der Waals surface area contributed by atoms with Gasteiger partial charge in [0.05, 0.1) is 5.52 Å². The number of hydrogen-bond acceptors (Lipinski definition) is 4. The van der Waals surface area contributed by atoms with Crippen molar-refractivity contribution in [3.8, 4) is 0 Å². The first kappa shape index (κ1) is 7.63. The van der Waals surface area contributed by atoms with E-state index in [4.69, 9.17) is 8.19 Å². The van der Waals surface area contributed by atoms with Crippen LogP contribution in [-0.2, 0) is 4.46 Å². The molecule has 68 valence electrons. The molecule has 0 saturated heterocycles. The Labute approximate surface area is 79.6 Å². The molecule has 0 saturated carbocycles. The van der Waals surface area contributed by atoms with E-state index in [1.165, 1.54) is 0 Å². The van der Waals surface area contributed by atoms with Crippen LogP contribution in [0.5, 0.6) is 0 Å². The number of benzene rings is 1. The molecule has 0 atom stereocenters. The van der Waals surface area contributed by atoms with E-state index in [9.17, 15) is 4.46 Å². The lowest BCUT2D eigenvalue weighted by atomic mass is 10.2. The van der Waals surface area contributed by atoms with Gasteiger partial charge in [-0.25, -0.2) is 4.98 Å². The molecular weight excluding hydrogens is 198 g/mol. The molecule has 4 nitrogen and oxygen atoms in total. The lowest BCUT2D eigenvalue weighted by molar-refractivity contribution is 0.474. The van der Waals surface area contributed by atoms with Gasteiger partial charge in [0.2, 0.25) is 0 Å². The van der Waals surface area contributed by atoms with Crippen LogP contribution >= 0.6 is 0 Å². The van der Waals surface area contributed by atoms with E-state index in [0.717, 1.165) is 10.9 Å². The van der Waals surface area contributed by atoms with E-state index in [-0.39, 0.29) is 0 Å². The van der Waals surface area contributed by atoms with Gasteiger partial charge in [0.15, 0.2) is 5.58 Å². The van der Waals surface area contributed by atoms with Crippen molar-refractivity contribution in [2.45, 2.75) is 0 Å². The summed E-state index contributed by atoms with van der Waals surface area (Å²) in [5.74, 6) is 0. The van der Waals surface area contributed by atoms with Crippen molar-refractivity contribution >= 4 is 31.0 Å². The van der Waals surface area contributed by atoms with Gasteiger partial charge in [-0.15, -0.1) is 0 Å². The topological polar surface area (TPSA) is 56.2 Å². The highest BCUT2D eigenvalue weighted by Crippen LogP contribution is 2.18. The SMILES string of the molecule is O=[si]1oc2cc3ccccc3nc2o1. The minimum atomic E-state index is -2.40. The minimum Gasteiger partial charge on any atom is -0.453 e. The Morgan fingerprint density at radius 3 is 3.00 bits per heavy atom. The normalized spacial score (nSPS) is 11.1. The number of aromatic nitrogens is 1. The highest BCUT2D eigenvalue weighted by atomic mass is 28.2. The Hall–Kier alpha value is -1.75. The van der Waals surface area contributed by atoms with E-state index in [1.54, 1.807) is 6.07 Å². The average Bonchev–Trinajstić information content (AvgIpc) is 2.53. The molecule has 0 aliphatic carbocycles. The highest BCUT2D eigenvalue weighted by Gasteiger charge is 2.07. The maximum atomic E-state index is 11.0. The summed E-state index contributed by atoms with van der Waals surface area (Å²) in [6.45, 7) is 0. The molecule has 0 aliphatic rings. The largest absolute Gasteiger partial charge is 0.780 e. The van der Waals surface area contributed by atoms with Gasteiger partial charge in [0.1, 0.15) is 0 Å². The molecule has 0 amide bonds. The minimum absolute atomic E-state index is 0.326. The van der Waals surface area contributed by atoms with Crippen LogP contribution in [0.15, 0.2) is 38.5 Å². The summed E-state index contributed by atoms with van der Waals surface area (Å²) in [6.07, 6.45) is 0. The van der Waals surface area contributed by atoms with Crippen molar-refractivity contribution in [1.29, 1.82) is 0 Å². The number of nitrogens with zero attached hydrogens (tertiary/aromatic N) is 1. The monoisotopic (exact) mass is 203 g/mol. The number of hydrogen-bond donors (Lipinski definition) is 0. The van der Waals surface area contributed by atoms with Crippen LogP contribution in [0.4, 0.5) is 0 Å². The molecule has 0 aliphatic heterocycles. The van der Waals surface area contributed by atoms with Gasteiger partial charge in [0.25, 0.3) is 5.71 Å². The second-order valence-electron chi connectivity index (χ2n) is 2.94. The fraction of sp³-hybridized carbons (Fsp3) is 0. The van der Waals surface area contributed by atoms with Crippen molar-refractivity contribution in [3.05, 3.63) is 30.3 Å². The molecule has 0 N–H and O–H groups in total. The van der Waals surface area contributed by atoms with Gasteiger partial charge < -0.3 is 8.19 Å². The van der Waals surface area contributed by atoms with E-state index in [0.29, 0.717) is 11.3 Å². The first-order chi connectivity index (χ1) is 6.83. The molecule has 0 fully saturated rings. The second-order valence-corrected chi connectivity index (χ2v) is 3.85. The quantitative estimate of drug-likeness (QED) is 0.525. The van der Waals surface area contributed by atoms with Crippen LogP contribution in [0.2, 0.25) is 0 Å². The molecule has 2 heterocycles. The zero-order chi connectivity index (χ0) is 9.54. The zero-order valence-corrected chi connectivity index (χ0v) is 8.06. The standard InChI is InChI=1S/C9H5NO3Si/c11-14-12-8-5-6-3-1-2-4-7(6)10-9(8)13-14/h1-5H. The van der Waals surface area contributed by atoms with Crippen molar-refractivity contribution in [2.75, 3.05) is 0 Å². The molecule has 3 aromatic rings. The van der Waals surface area contributed by atoms with Crippen LogP contribution in [-0.4, -0.2) is 13.8 Å². The van der Waals surface area contributed by atoms with Crippen LogP contribution in [0, 0.1) is 0 Å². The lowest BCUT2D eigenvalue weighted by Gasteiger charge is -1.93. The Morgan fingerprint density at radius 1 is 1.21 bits per heavy atom. The van der Waals surface area contributed by atoms with Crippen molar-refractivity contribution in [2.24, 2.45) is 0 Å². The third-order valence-electron chi connectivity index (χ3n) is 2.03. The number of pyridine rings is 1. The number of fused-ring (bicyclic) bond motifs is 2. The van der Waals surface area contributed by atoms with E-state index < -0.39 is 8.80 Å². The first-order valence-electron chi connectivity index (χ1n) is 4.12. The fourth-order valence-corrected chi connectivity index (χ4v) is 2.09. The van der Waals surface area contributed by atoms with E-state index in [2.05, 4.69) is 4.98 Å². The van der Waals surface area contributed by atoms with Crippen LogP contribution in [0.3, 0.4) is 0 Å². The predicted molar refractivity (Wildman–Crippen MR) is 50.2 cm³/mol. The van der Waals surface area contributed by atoms with Gasteiger partial charge >= 0.3 is 8.80 Å². The smallest absolute Gasteiger partial charge is 0.453 e. The van der Waals surface area contributed by atoms with Crippen molar-refractivity contribution in [1.82, 2.24) is 4.98 Å². The zero-order valence-electron chi connectivity index (χ0n) is 7.06. The molecular formula is C9H5NO3Si. The number of para-hydroxylation sites is 1. The summed E-state index contributed by atoms with van der Waals surface area (Å²) in [4.78, 5) is 4.18. The lowest BCUT2D eigenvalue weighted by Crippen LogP contribution is -1.77. The second kappa shape index (κ2) is 2.62. The Balaban J connectivity index is 2.57. The van der Waals surface area contributed by atoms with Gasteiger partial charge in [-0.05, 0) is 12.1 Å². The van der Waals surface area contributed by atoms with Crippen molar-refractivity contribution in [3.63, 3.8) is 0 Å². The van der Waals surface area contributed by atoms with Crippen LogP contribution in [0.25, 0.3) is 22.2 Å². The maximum Gasteiger partial charge on any atom is 0.780 e. The summed E-state index contributed by atoms with van der Waals surface area (Å²) in [6, 6.07) is 9.37. The Morgan fingerprint density at radius 2 is 2.07 bits per heavy atom. The van der Waals surface area contributed by atoms with Crippen LogP contribution < -0.4 is 0 Å². The first-order valence-corrected chi connectivity index (χ1v) is 5.35. The fourth-order valence-electron chi connectivity index (χ4n) is 1.41. The molecule has 0 unspecified atom stereocenters. The maximum absolute atomic E-state index is 11.0. The molecule has 14 heavy (non-hydrogen) atoms. The molecule has 3 rings (SSSR count). The summed E-state index contributed by atoms with van der Waals surface area (Å²) in [5.41, 5.74) is 1.60. The average molecular weight is 203 g/mol.